The molecule has 1 amide bonds. The number of nitriles is 1. The molecule has 0 unspecified atom stereocenters. The first-order chi connectivity index (χ1) is 16.2. The van der Waals surface area contributed by atoms with Gasteiger partial charge in [-0.1, -0.05) is 42.5 Å². The van der Waals surface area contributed by atoms with E-state index in [9.17, 15) is 10.1 Å². The molecule has 1 saturated heterocycles. The van der Waals surface area contributed by atoms with Crippen molar-refractivity contribution in [3.8, 4) is 6.07 Å². The van der Waals surface area contributed by atoms with Gasteiger partial charge < -0.3 is 16.0 Å². The van der Waals surface area contributed by atoms with Crippen LogP contribution in [-0.4, -0.2) is 37.0 Å². The number of fused-ring (bicyclic) bond motifs is 1. The largest absolute Gasteiger partial charge is 0.354 e. The van der Waals surface area contributed by atoms with Gasteiger partial charge in [-0.25, -0.2) is 0 Å². The molecule has 0 radical (unpaired) electrons. The number of hydrogen-bond acceptors (Lipinski definition) is 5. The summed E-state index contributed by atoms with van der Waals surface area (Å²) in [6, 6.07) is 25.6. The molecule has 0 atom stereocenters. The number of piperazine rings is 1. The highest BCUT2D eigenvalue weighted by Gasteiger charge is 2.28. The average molecular weight is 436 g/mol. The molecule has 3 N–H and O–H groups in total. The minimum Gasteiger partial charge on any atom is -0.354 e. The van der Waals surface area contributed by atoms with Crippen LogP contribution in [0.5, 0.6) is 0 Å². The second-order valence-electron chi connectivity index (χ2n) is 8.29. The molecule has 2 aliphatic heterocycles. The van der Waals surface area contributed by atoms with Crippen LogP contribution in [0, 0.1) is 11.3 Å². The normalized spacial score (nSPS) is 17.1. The minimum absolute atomic E-state index is 0.179. The fourth-order valence-corrected chi connectivity index (χ4v) is 4.33. The van der Waals surface area contributed by atoms with E-state index in [1.165, 1.54) is 5.56 Å². The lowest BCUT2D eigenvalue weighted by molar-refractivity contribution is -0.110. The van der Waals surface area contributed by atoms with Crippen molar-refractivity contribution in [3.63, 3.8) is 0 Å². The van der Waals surface area contributed by atoms with Gasteiger partial charge in [0.05, 0.1) is 22.9 Å². The van der Waals surface area contributed by atoms with Gasteiger partial charge in [0.2, 0.25) is 0 Å². The van der Waals surface area contributed by atoms with Gasteiger partial charge in [0.1, 0.15) is 0 Å². The molecule has 6 nitrogen and oxygen atoms in total. The minimum atomic E-state index is -0.179. The molecule has 6 heteroatoms. The topological polar surface area (TPSA) is 80.2 Å². The zero-order chi connectivity index (χ0) is 22.6. The van der Waals surface area contributed by atoms with Crippen molar-refractivity contribution in [2.24, 2.45) is 0 Å². The van der Waals surface area contributed by atoms with Crippen molar-refractivity contribution < 1.29 is 4.79 Å². The molecule has 1 fully saturated rings. The van der Waals surface area contributed by atoms with Crippen molar-refractivity contribution in [3.05, 3.63) is 95.1 Å². The van der Waals surface area contributed by atoms with Gasteiger partial charge in [0.25, 0.3) is 5.91 Å². The van der Waals surface area contributed by atoms with Gasteiger partial charge >= 0.3 is 0 Å². The Morgan fingerprint density at radius 1 is 1.00 bits per heavy atom. The highest BCUT2D eigenvalue weighted by Crippen LogP contribution is 2.38. The lowest BCUT2D eigenvalue weighted by atomic mass is 9.98. The molecular formula is C27H25N5O. The number of anilines is 2. The van der Waals surface area contributed by atoms with E-state index in [0.29, 0.717) is 11.1 Å². The molecule has 164 valence electrons. The summed E-state index contributed by atoms with van der Waals surface area (Å²) in [6.07, 6.45) is 0. The molecule has 5 rings (SSSR count). The molecule has 2 aliphatic rings. The number of hydrogen-bond donors (Lipinski definition) is 3. The zero-order valence-corrected chi connectivity index (χ0v) is 18.3. The maximum atomic E-state index is 13.0. The van der Waals surface area contributed by atoms with E-state index < -0.39 is 0 Å². The van der Waals surface area contributed by atoms with Gasteiger partial charge in [0, 0.05) is 49.7 Å². The van der Waals surface area contributed by atoms with Crippen LogP contribution in [0.3, 0.4) is 0 Å². The van der Waals surface area contributed by atoms with Crippen LogP contribution in [0.15, 0.2) is 72.8 Å². The van der Waals surface area contributed by atoms with E-state index in [4.69, 9.17) is 0 Å². The predicted octanol–water partition coefficient (Wildman–Crippen LogP) is 3.90. The van der Waals surface area contributed by atoms with Gasteiger partial charge in [-0.3, -0.25) is 9.69 Å². The number of amides is 1. The lowest BCUT2D eigenvalue weighted by Crippen LogP contribution is -2.42. The summed E-state index contributed by atoms with van der Waals surface area (Å²) in [7, 11) is 0. The molecule has 0 aromatic heterocycles. The van der Waals surface area contributed by atoms with E-state index in [1.807, 2.05) is 30.3 Å². The smallest absolute Gasteiger partial charge is 0.258 e. The SMILES string of the molecule is N#Cc1ccc2c(c1)/C(=C(/Nc1ccc(CN3CCNCC3)cc1)c1ccccc1)C(=O)N2. The molecule has 0 saturated carbocycles. The van der Waals surface area contributed by atoms with Gasteiger partial charge in [-0.05, 0) is 41.5 Å². The third kappa shape index (κ3) is 4.51. The summed E-state index contributed by atoms with van der Waals surface area (Å²) in [4.78, 5) is 15.5. The molecule has 0 bridgehead atoms. The van der Waals surface area contributed by atoms with Crippen molar-refractivity contribution in [2.75, 3.05) is 36.8 Å². The quantitative estimate of drug-likeness (QED) is 0.530. The highest BCUT2D eigenvalue weighted by molar-refractivity contribution is 6.37. The summed E-state index contributed by atoms with van der Waals surface area (Å²) in [5, 5.41) is 19.2. The van der Waals surface area contributed by atoms with E-state index in [-0.39, 0.29) is 5.91 Å². The Morgan fingerprint density at radius 3 is 2.48 bits per heavy atom. The Labute approximate surface area is 193 Å². The molecule has 0 aliphatic carbocycles. The first-order valence-electron chi connectivity index (χ1n) is 11.2. The summed E-state index contributed by atoms with van der Waals surface area (Å²) < 4.78 is 0. The van der Waals surface area contributed by atoms with Crippen LogP contribution in [0.4, 0.5) is 11.4 Å². The van der Waals surface area contributed by atoms with Crippen LogP contribution < -0.4 is 16.0 Å². The molecule has 0 spiro atoms. The Balaban J connectivity index is 1.49. The molecule has 33 heavy (non-hydrogen) atoms. The standard InChI is InChI=1S/C27H25N5O/c28-17-20-8-11-24-23(16-20)25(27(33)31-24)26(21-4-2-1-3-5-21)30-22-9-6-19(7-10-22)18-32-14-12-29-13-15-32/h1-11,16,29-30H,12-15,18H2,(H,31,33)/b26-25-. The third-order valence-electron chi connectivity index (χ3n) is 6.04. The van der Waals surface area contributed by atoms with Crippen molar-refractivity contribution >= 4 is 28.6 Å². The van der Waals surface area contributed by atoms with E-state index in [0.717, 1.165) is 60.9 Å². The molecule has 3 aromatic rings. The van der Waals surface area contributed by atoms with E-state index >= 15 is 0 Å². The van der Waals surface area contributed by atoms with E-state index in [2.05, 4.69) is 51.2 Å². The number of carbonyl (C=O) groups is 1. The van der Waals surface area contributed by atoms with E-state index in [1.54, 1.807) is 18.2 Å². The predicted molar refractivity (Wildman–Crippen MR) is 131 cm³/mol. The summed E-state index contributed by atoms with van der Waals surface area (Å²) in [5.74, 6) is -0.179. The fraction of sp³-hybridized carbons (Fsp3) is 0.185. The molecular weight excluding hydrogens is 410 g/mol. The summed E-state index contributed by atoms with van der Waals surface area (Å²) in [6.45, 7) is 5.11. The van der Waals surface area contributed by atoms with Crippen LogP contribution in [0.1, 0.15) is 22.3 Å². The number of carbonyl (C=O) groups excluding carboxylic acids is 1. The average Bonchev–Trinajstić information content (AvgIpc) is 3.19. The Bertz CT molecular complexity index is 1240. The monoisotopic (exact) mass is 435 g/mol. The van der Waals surface area contributed by atoms with Crippen LogP contribution in [0.25, 0.3) is 11.3 Å². The fourth-order valence-electron chi connectivity index (χ4n) is 4.33. The van der Waals surface area contributed by atoms with Crippen LogP contribution in [0.2, 0.25) is 0 Å². The second kappa shape index (κ2) is 9.29. The number of nitrogens with one attached hydrogen (secondary N) is 3. The first-order valence-corrected chi connectivity index (χ1v) is 11.2. The summed E-state index contributed by atoms with van der Waals surface area (Å²) in [5.41, 5.74) is 6.31. The van der Waals surface area contributed by atoms with Gasteiger partial charge in [-0.2, -0.15) is 5.26 Å². The van der Waals surface area contributed by atoms with Crippen molar-refractivity contribution in [1.82, 2.24) is 10.2 Å². The van der Waals surface area contributed by atoms with Gasteiger partial charge in [0.15, 0.2) is 0 Å². The van der Waals surface area contributed by atoms with Gasteiger partial charge in [-0.15, -0.1) is 0 Å². The maximum Gasteiger partial charge on any atom is 0.258 e. The third-order valence-corrected chi connectivity index (χ3v) is 6.04. The van der Waals surface area contributed by atoms with Crippen molar-refractivity contribution in [1.29, 1.82) is 5.26 Å². The first kappa shape index (κ1) is 21.0. The molecule has 3 aromatic carbocycles. The maximum absolute atomic E-state index is 13.0. The number of nitrogens with zero attached hydrogens (tertiary/aromatic N) is 2. The number of benzene rings is 3. The number of rotatable bonds is 5. The second-order valence-corrected chi connectivity index (χ2v) is 8.29. The lowest BCUT2D eigenvalue weighted by Gasteiger charge is -2.27. The Hall–Kier alpha value is -3.92. The summed E-state index contributed by atoms with van der Waals surface area (Å²) >= 11 is 0. The van der Waals surface area contributed by atoms with Crippen LogP contribution >= 0.6 is 0 Å². The van der Waals surface area contributed by atoms with Crippen LogP contribution in [-0.2, 0) is 11.3 Å². The molecule has 2 heterocycles. The van der Waals surface area contributed by atoms with Crippen molar-refractivity contribution in [2.45, 2.75) is 6.54 Å². The highest BCUT2D eigenvalue weighted by atomic mass is 16.2. The Morgan fingerprint density at radius 2 is 1.76 bits per heavy atom. The zero-order valence-electron chi connectivity index (χ0n) is 18.3. The Kier molecular flexibility index (Phi) is 5.90.